The molecule has 2 heterocycles. The van der Waals surface area contributed by atoms with E-state index < -0.39 is 40.8 Å². The van der Waals surface area contributed by atoms with E-state index in [0.29, 0.717) is 6.20 Å². The van der Waals surface area contributed by atoms with Crippen LogP contribution in [0.5, 0.6) is 5.75 Å². The monoisotopic (exact) mass is 447 g/mol. The van der Waals surface area contributed by atoms with Gasteiger partial charge in [-0.3, -0.25) is 0 Å². The van der Waals surface area contributed by atoms with Crippen molar-refractivity contribution in [1.82, 2.24) is 9.29 Å². The number of phenols is 1. The van der Waals surface area contributed by atoms with E-state index in [1.165, 1.54) is 16.4 Å². The highest BCUT2D eigenvalue weighted by atomic mass is 32.2. The molecule has 2 unspecified atom stereocenters. The molecule has 1 aromatic carbocycles. The van der Waals surface area contributed by atoms with E-state index in [1.807, 2.05) is 0 Å². The highest BCUT2D eigenvalue weighted by molar-refractivity contribution is 7.82. The fraction of sp³-hybridized carbons (Fsp3) is 0.333. The average Bonchev–Trinajstić information content (AvgIpc) is 3.10. The minimum absolute atomic E-state index is 0.0137. The first-order chi connectivity index (χ1) is 14.0. The van der Waals surface area contributed by atoms with Crippen LogP contribution < -0.4 is 0 Å². The summed E-state index contributed by atoms with van der Waals surface area (Å²) in [5.74, 6) is -0.862. The van der Waals surface area contributed by atoms with Crippen LogP contribution in [-0.4, -0.2) is 54.1 Å². The quantitative estimate of drug-likeness (QED) is 0.620. The second-order valence-corrected chi connectivity index (χ2v) is 7.84. The van der Waals surface area contributed by atoms with Gasteiger partial charge in [0.25, 0.3) is 0 Å². The van der Waals surface area contributed by atoms with Crippen LogP contribution in [0.25, 0.3) is 0 Å². The minimum Gasteiger partial charge on any atom is -0.508 e. The van der Waals surface area contributed by atoms with Gasteiger partial charge < -0.3 is 15.3 Å². The Morgan fingerprint density at radius 3 is 2.47 bits per heavy atom. The molecule has 1 aromatic heterocycles. The zero-order valence-corrected chi connectivity index (χ0v) is 16.1. The standard InChI is InChI=1S/C11H13F3N2O3S.C7H4FNO/c12-11(13,14)8-1-2-9(15-5-8)20(19)16-4-3-10(18,6-16)7-17;8-7-3-6(10)2-1-5(7)4-9/h1-2,5,17-18H,3-4,6-7H2;1-3,10H. The van der Waals surface area contributed by atoms with E-state index in [-0.39, 0.29) is 35.8 Å². The Morgan fingerprint density at radius 2 is 2.00 bits per heavy atom. The molecule has 0 amide bonds. The number of β-amino-alcohol motifs (C(OH)–C–C–N with tert-alkyl or cyclic N) is 1. The van der Waals surface area contributed by atoms with E-state index in [2.05, 4.69) is 4.98 Å². The normalized spacial score (nSPS) is 20.2. The topological polar surface area (TPSA) is 118 Å². The maximum absolute atomic E-state index is 12.5. The van der Waals surface area contributed by atoms with Crippen molar-refractivity contribution >= 4 is 11.0 Å². The van der Waals surface area contributed by atoms with Gasteiger partial charge in [0.05, 0.1) is 17.7 Å². The first-order valence-corrected chi connectivity index (χ1v) is 9.52. The molecule has 1 aliphatic rings. The molecule has 12 heteroatoms. The van der Waals surface area contributed by atoms with Gasteiger partial charge in [-0.05, 0) is 30.7 Å². The number of pyridine rings is 1. The molecule has 2 aromatic rings. The highest BCUT2D eigenvalue weighted by Crippen LogP contribution is 2.29. The van der Waals surface area contributed by atoms with Gasteiger partial charge in [0, 0.05) is 25.4 Å². The Balaban J connectivity index is 0.000000269. The third-order valence-corrected chi connectivity index (χ3v) is 5.52. The average molecular weight is 447 g/mol. The Bertz CT molecular complexity index is 950. The van der Waals surface area contributed by atoms with E-state index in [0.717, 1.165) is 18.2 Å². The Morgan fingerprint density at radius 1 is 1.30 bits per heavy atom. The molecule has 30 heavy (non-hydrogen) atoms. The van der Waals surface area contributed by atoms with Crippen LogP contribution >= 0.6 is 0 Å². The maximum Gasteiger partial charge on any atom is 0.417 e. The second kappa shape index (κ2) is 9.48. The zero-order chi connectivity index (χ0) is 22.5. The van der Waals surface area contributed by atoms with E-state index in [9.17, 15) is 26.9 Å². The van der Waals surface area contributed by atoms with Crippen LogP contribution in [0.2, 0.25) is 0 Å². The SMILES string of the molecule is N#Cc1ccc(O)cc1F.O=S(c1ccc(C(F)(F)F)cn1)N1CCC(O)(CO)C1. The number of phenolic OH excluding ortho intramolecular Hbond substituents is 1. The van der Waals surface area contributed by atoms with Gasteiger partial charge in [0.15, 0.2) is 0 Å². The van der Waals surface area contributed by atoms with Gasteiger partial charge in [0.2, 0.25) is 0 Å². The number of aliphatic hydroxyl groups excluding tert-OH is 1. The van der Waals surface area contributed by atoms with Crippen LogP contribution in [-0.2, 0) is 17.2 Å². The van der Waals surface area contributed by atoms with E-state index in [1.54, 1.807) is 6.07 Å². The van der Waals surface area contributed by atoms with Gasteiger partial charge in [-0.15, -0.1) is 0 Å². The van der Waals surface area contributed by atoms with Gasteiger partial charge in [-0.25, -0.2) is 17.9 Å². The van der Waals surface area contributed by atoms with Gasteiger partial charge in [-0.2, -0.15) is 18.4 Å². The number of aromatic nitrogens is 1. The van der Waals surface area contributed by atoms with Gasteiger partial charge >= 0.3 is 6.18 Å². The predicted octanol–water partition coefficient (Wildman–Crippen LogP) is 1.96. The summed E-state index contributed by atoms with van der Waals surface area (Å²) in [5, 5.41) is 35.7. The minimum atomic E-state index is -4.49. The molecule has 1 aliphatic heterocycles. The second-order valence-electron chi connectivity index (χ2n) is 6.40. The van der Waals surface area contributed by atoms with Gasteiger partial charge in [0.1, 0.15) is 39.2 Å². The lowest BCUT2D eigenvalue weighted by molar-refractivity contribution is -0.137. The number of alkyl halides is 3. The fourth-order valence-corrected chi connectivity index (χ4v) is 3.67. The lowest BCUT2D eigenvalue weighted by atomic mass is 10.1. The van der Waals surface area contributed by atoms with Gasteiger partial charge in [-0.1, -0.05) is 0 Å². The third kappa shape index (κ3) is 5.96. The summed E-state index contributed by atoms with van der Waals surface area (Å²) in [5.41, 5.74) is -2.29. The third-order valence-electron chi connectivity index (χ3n) is 4.14. The molecule has 0 aliphatic carbocycles. The molecule has 2 atom stereocenters. The number of rotatable bonds is 3. The molecule has 0 radical (unpaired) electrons. The summed E-state index contributed by atoms with van der Waals surface area (Å²) in [6.07, 6.45) is -3.62. The summed E-state index contributed by atoms with van der Waals surface area (Å²) < 4.78 is 63.1. The van der Waals surface area contributed by atoms with Crippen LogP contribution in [0.3, 0.4) is 0 Å². The maximum atomic E-state index is 12.5. The van der Waals surface area contributed by atoms with Crippen molar-refractivity contribution in [2.45, 2.75) is 23.2 Å². The van der Waals surface area contributed by atoms with Crippen LogP contribution in [0, 0.1) is 17.1 Å². The summed E-state index contributed by atoms with van der Waals surface area (Å²) in [6, 6.07) is 6.89. The summed E-state index contributed by atoms with van der Waals surface area (Å²) >= 11 is 0. The molecular weight excluding hydrogens is 430 g/mol. The Hall–Kier alpha value is -2.59. The summed E-state index contributed by atoms with van der Waals surface area (Å²) in [7, 11) is -1.76. The van der Waals surface area contributed by atoms with Crippen molar-refractivity contribution < 1.29 is 37.1 Å². The number of hydrogen-bond donors (Lipinski definition) is 3. The molecule has 1 fully saturated rings. The van der Waals surface area contributed by atoms with Crippen molar-refractivity contribution in [2.75, 3.05) is 19.7 Å². The Kier molecular flexibility index (Phi) is 7.49. The fourth-order valence-electron chi connectivity index (χ4n) is 2.47. The smallest absolute Gasteiger partial charge is 0.417 e. The number of benzene rings is 1. The van der Waals surface area contributed by atoms with E-state index in [4.69, 9.17) is 15.5 Å². The van der Waals surface area contributed by atoms with Crippen molar-refractivity contribution in [1.29, 1.82) is 5.26 Å². The Labute approximate surface area is 171 Å². The molecule has 0 spiro atoms. The number of aliphatic hydroxyl groups is 2. The summed E-state index contributed by atoms with van der Waals surface area (Å²) in [4.78, 5) is 3.56. The number of nitrogens with zero attached hydrogens (tertiary/aromatic N) is 3. The molecular formula is C18H17F4N3O4S. The number of nitriles is 1. The zero-order valence-electron chi connectivity index (χ0n) is 15.3. The first kappa shape index (κ1) is 23.7. The lowest BCUT2D eigenvalue weighted by Gasteiger charge is -2.19. The molecule has 162 valence electrons. The van der Waals surface area contributed by atoms with Crippen molar-refractivity contribution in [3.05, 3.63) is 53.5 Å². The predicted molar refractivity (Wildman–Crippen MR) is 96.7 cm³/mol. The molecule has 0 saturated carbocycles. The first-order valence-electron chi connectivity index (χ1n) is 8.41. The number of hydrogen-bond acceptors (Lipinski definition) is 6. The molecule has 1 saturated heterocycles. The number of aromatic hydroxyl groups is 1. The van der Waals surface area contributed by atoms with E-state index >= 15 is 0 Å². The van der Waals surface area contributed by atoms with Crippen LogP contribution in [0.1, 0.15) is 17.5 Å². The molecule has 3 N–H and O–H groups in total. The van der Waals surface area contributed by atoms with Crippen LogP contribution in [0.15, 0.2) is 41.6 Å². The summed E-state index contributed by atoms with van der Waals surface area (Å²) in [6.45, 7) is -0.202. The lowest BCUT2D eigenvalue weighted by Crippen LogP contribution is -2.37. The molecule has 3 rings (SSSR count). The largest absolute Gasteiger partial charge is 0.508 e. The van der Waals surface area contributed by atoms with Crippen molar-refractivity contribution in [2.24, 2.45) is 0 Å². The molecule has 7 nitrogen and oxygen atoms in total. The van der Waals surface area contributed by atoms with Crippen molar-refractivity contribution in [3.8, 4) is 11.8 Å². The van der Waals surface area contributed by atoms with Crippen LogP contribution in [0.4, 0.5) is 17.6 Å². The van der Waals surface area contributed by atoms with Crippen molar-refractivity contribution in [3.63, 3.8) is 0 Å². The number of halogens is 4. The molecule has 0 bridgehead atoms. The highest BCUT2D eigenvalue weighted by Gasteiger charge is 2.38.